The Kier molecular flexibility index (Phi) is 8.09. The van der Waals surface area contributed by atoms with Crippen LogP contribution in [0, 0.1) is 12.7 Å². The summed E-state index contributed by atoms with van der Waals surface area (Å²) in [5.41, 5.74) is 0.714. The molecule has 0 aliphatic rings. The van der Waals surface area contributed by atoms with E-state index in [4.69, 9.17) is 0 Å². The Morgan fingerprint density at radius 2 is 1.44 bits per heavy atom. The maximum absolute atomic E-state index is 12.9. The molecule has 0 spiro atoms. The van der Waals surface area contributed by atoms with Crippen molar-refractivity contribution in [2.45, 2.75) is 16.7 Å². The number of carbonyl (C=O) groups is 1. The molecular weight excluding hydrogens is 557 g/mol. The van der Waals surface area contributed by atoms with Gasteiger partial charge in [-0.3, -0.25) is 0 Å². The molecule has 0 radical (unpaired) electrons. The Labute approximate surface area is 199 Å². The van der Waals surface area contributed by atoms with Crippen molar-refractivity contribution in [3.05, 3.63) is 72.3 Å². The third kappa shape index (κ3) is 6.58. The van der Waals surface area contributed by atoms with Gasteiger partial charge in [-0.1, -0.05) is 0 Å². The van der Waals surface area contributed by atoms with E-state index >= 15 is 0 Å². The van der Waals surface area contributed by atoms with Crippen molar-refractivity contribution in [3.8, 4) is 0 Å². The van der Waals surface area contributed by atoms with Crippen LogP contribution in [0.5, 0.6) is 0 Å². The van der Waals surface area contributed by atoms with Crippen molar-refractivity contribution in [1.29, 1.82) is 0 Å². The molecular formula is C18H16AgFN5O5S2+. The second-order valence-corrected chi connectivity index (χ2v) is 9.53. The van der Waals surface area contributed by atoms with E-state index in [0.717, 1.165) is 24.3 Å². The van der Waals surface area contributed by atoms with Crippen LogP contribution < -0.4 is 14.8 Å². The Bertz CT molecular complexity index is 1320. The molecule has 0 unspecified atom stereocenters. The van der Waals surface area contributed by atoms with Crippen LogP contribution in [-0.2, 0) is 42.4 Å². The van der Waals surface area contributed by atoms with Gasteiger partial charge in [0.05, 0.1) is 9.79 Å². The first-order valence-electron chi connectivity index (χ1n) is 8.57. The number of urea groups is 1. The van der Waals surface area contributed by atoms with E-state index in [1.54, 1.807) is 17.7 Å². The van der Waals surface area contributed by atoms with Gasteiger partial charge in [0.2, 0.25) is 5.95 Å². The van der Waals surface area contributed by atoms with Gasteiger partial charge < -0.3 is 5.32 Å². The molecule has 2 amide bonds. The molecule has 10 nitrogen and oxygen atoms in total. The van der Waals surface area contributed by atoms with Gasteiger partial charge >= 0.3 is 28.4 Å². The van der Waals surface area contributed by atoms with Gasteiger partial charge in [0, 0.05) is 17.6 Å². The average Bonchev–Trinajstić information content (AvgIpc) is 2.68. The maximum Gasteiger partial charge on any atom is 1.00 e. The molecule has 0 saturated carbocycles. The number of aromatic nitrogens is 2. The molecule has 0 aliphatic carbocycles. The van der Waals surface area contributed by atoms with Crippen LogP contribution in [0.3, 0.4) is 0 Å². The number of nitrogens with one attached hydrogen (secondary N) is 3. The fourth-order valence-corrected chi connectivity index (χ4v) is 4.20. The van der Waals surface area contributed by atoms with Gasteiger partial charge in [0.15, 0.2) is 0 Å². The topological polar surface area (TPSA) is 147 Å². The van der Waals surface area contributed by atoms with E-state index < -0.39 is 31.9 Å². The zero-order chi connectivity index (χ0) is 22.6. The van der Waals surface area contributed by atoms with Crippen molar-refractivity contribution in [2.75, 3.05) is 10.0 Å². The molecule has 3 aromatic rings. The van der Waals surface area contributed by atoms with Crippen LogP contribution in [0.4, 0.5) is 20.8 Å². The summed E-state index contributed by atoms with van der Waals surface area (Å²) in [6, 6.07) is 9.41. The summed E-state index contributed by atoms with van der Waals surface area (Å²) < 4.78 is 66.0. The maximum atomic E-state index is 12.9. The number of halogens is 1. The van der Waals surface area contributed by atoms with Gasteiger partial charge in [-0.15, -0.1) is 0 Å². The second-order valence-electron chi connectivity index (χ2n) is 6.17. The van der Waals surface area contributed by atoms with Crippen LogP contribution in [0.15, 0.2) is 70.6 Å². The average molecular weight is 573 g/mol. The van der Waals surface area contributed by atoms with E-state index in [0.29, 0.717) is 5.69 Å². The molecule has 32 heavy (non-hydrogen) atoms. The first kappa shape index (κ1) is 25.4. The number of hydrogen-bond acceptors (Lipinski definition) is 7. The van der Waals surface area contributed by atoms with Gasteiger partial charge in [0.1, 0.15) is 5.82 Å². The number of aryl methyl sites for hydroxylation is 1. The molecule has 0 saturated heterocycles. The quantitative estimate of drug-likeness (QED) is 0.384. The molecule has 0 fully saturated rings. The van der Waals surface area contributed by atoms with Crippen LogP contribution in [0.25, 0.3) is 0 Å². The third-order valence-electron chi connectivity index (χ3n) is 3.79. The van der Waals surface area contributed by atoms with Gasteiger partial charge in [0.25, 0.3) is 20.0 Å². The molecule has 1 aromatic heterocycles. The normalized spacial score (nSPS) is 11.2. The number of anilines is 2. The van der Waals surface area contributed by atoms with Crippen molar-refractivity contribution in [1.82, 2.24) is 14.7 Å². The predicted molar refractivity (Wildman–Crippen MR) is 110 cm³/mol. The number of sulfonamides is 2. The summed E-state index contributed by atoms with van der Waals surface area (Å²) in [7, 11) is -8.19. The van der Waals surface area contributed by atoms with Crippen LogP contribution in [-0.4, -0.2) is 32.8 Å². The largest absolute Gasteiger partial charge is 1.00 e. The summed E-state index contributed by atoms with van der Waals surface area (Å²) in [5.74, 6) is -0.713. The van der Waals surface area contributed by atoms with Crippen molar-refractivity contribution in [2.24, 2.45) is 0 Å². The Hall–Kier alpha value is -2.84. The van der Waals surface area contributed by atoms with Gasteiger partial charge in [-0.25, -0.2) is 45.4 Å². The van der Waals surface area contributed by atoms with E-state index in [1.165, 1.54) is 30.5 Å². The minimum atomic E-state index is -4.21. The molecule has 3 N–H and O–H groups in total. The van der Waals surface area contributed by atoms with Gasteiger partial charge in [-0.05, 0) is 61.5 Å². The molecule has 0 aliphatic heterocycles. The molecule has 1 heterocycles. The molecule has 14 heteroatoms. The summed E-state index contributed by atoms with van der Waals surface area (Å²) in [5, 5.41) is 2.27. The molecule has 0 bridgehead atoms. The minimum absolute atomic E-state index is 0. The van der Waals surface area contributed by atoms with Crippen LogP contribution >= 0.6 is 0 Å². The number of rotatable bonds is 6. The Balaban J connectivity index is 0.00000363. The molecule has 3 rings (SSSR count). The number of amides is 2. The number of hydrogen-bond donors (Lipinski definition) is 3. The first-order chi connectivity index (χ1) is 14.5. The summed E-state index contributed by atoms with van der Waals surface area (Å²) in [6.07, 6.45) is 1.41. The zero-order valence-electron chi connectivity index (χ0n) is 16.2. The van der Waals surface area contributed by atoms with Crippen LogP contribution in [0.2, 0.25) is 0 Å². The van der Waals surface area contributed by atoms with E-state index in [9.17, 15) is 26.0 Å². The van der Waals surface area contributed by atoms with Gasteiger partial charge in [-0.2, -0.15) is 0 Å². The summed E-state index contributed by atoms with van der Waals surface area (Å²) >= 11 is 0. The van der Waals surface area contributed by atoms with Crippen molar-refractivity contribution >= 4 is 37.7 Å². The SMILES string of the molecule is Cc1ccnc(NS(=O)(=O)c2ccc(NC(=O)NS(=O)(=O)c3ccc(F)cc3)cc2)n1.[Ag+]. The summed E-state index contributed by atoms with van der Waals surface area (Å²) in [4.78, 5) is 19.4. The molecule has 172 valence electrons. The monoisotopic (exact) mass is 572 g/mol. The van der Waals surface area contributed by atoms with E-state index in [2.05, 4.69) is 20.0 Å². The first-order valence-corrected chi connectivity index (χ1v) is 11.5. The van der Waals surface area contributed by atoms with Crippen molar-refractivity contribution < 1.29 is 48.4 Å². The standard InChI is InChI=1S/C18H16FN5O5S2.Ag/c1-12-10-11-20-17(21-12)23-30(26,27)16-8-4-14(5-9-16)22-18(25)24-31(28,29)15-6-2-13(19)3-7-15;/h2-11H,1H3,(H,20,21,23)(H2,22,24,25);/q;+1. The third-order valence-corrected chi connectivity index (χ3v) is 6.48. The molecule has 2 aromatic carbocycles. The number of nitrogens with zero attached hydrogens (tertiary/aromatic N) is 2. The van der Waals surface area contributed by atoms with E-state index in [-0.39, 0.29) is 43.8 Å². The predicted octanol–water partition coefficient (Wildman–Crippen LogP) is 2.23. The van der Waals surface area contributed by atoms with Crippen molar-refractivity contribution in [3.63, 3.8) is 0 Å². The Morgan fingerprint density at radius 1 is 0.875 bits per heavy atom. The zero-order valence-corrected chi connectivity index (χ0v) is 19.3. The number of benzene rings is 2. The van der Waals surface area contributed by atoms with Crippen LogP contribution in [0.1, 0.15) is 5.69 Å². The smallest absolute Gasteiger partial charge is 0.307 e. The second kappa shape index (κ2) is 10.2. The molecule has 0 atom stereocenters. The fourth-order valence-electron chi connectivity index (χ4n) is 2.35. The fraction of sp³-hybridized carbons (Fsp3) is 0.0556. The number of carbonyl (C=O) groups excluding carboxylic acids is 1. The Morgan fingerprint density at radius 3 is 2.03 bits per heavy atom. The minimum Gasteiger partial charge on any atom is -0.307 e. The summed E-state index contributed by atoms with van der Waals surface area (Å²) in [6.45, 7) is 1.68. The van der Waals surface area contributed by atoms with E-state index in [1.807, 2.05) is 0 Å².